The summed E-state index contributed by atoms with van der Waals surface area (Å²) in [4.78, 5) is 39.2. The summed E-state index contributed by atoms with van der Waals surface area (Å²) >= 11 is 0. The average molecular weight is 421 g/mol. The Labute approximate surface area is 181 Å². The molecule has 7 heteroatoms. The molecule has 1 aliphatic heterocycles. The smallest absolute Gasteiger partial charge is 0.411 e. The topological polar surface area (TPSA) is 87.7 Å². The molecule has 4 rings (SSSR count). The van der Waals surface area contributed by atoms with E-state index in [1.807, 2.05) is 37.3 Å². The van der Waals surface area contributed by atoms with Gasteiger partial charge in [0, 0.05) is 18.2 Å². The number of hydrogen-bond acceptors (Lipinski definition) is 4. The standard InChI is InChI=1S/C24H27N3O4/c1-3-20(28)25-19-6-4-5-17(13-19)22-21(23(29)26-18-11-12-18)27(24(30)31-22)14-16-9-7-15(2)8-10-16/h4-10,13,18,21-22H,3,11-12,14H2,1-2H3,(H,25,28)(H,26,29). The number of amides is 3. The highest BCUT2D eigenvalue weighted by Crippen LogP contribution is 2.35. The molecule has 2 aliphatic rings. The van der Waals surface area contributed by atoms with Gasteiger partial charge < -0.3 is 15.4 Å². The lowest BCUT2D eigenvalue weighted by atomic mass is 10.00. The molecule has 0 spiro atoms. The molecule has 1 aliphatic carbocycles. The molecule has 0 bridgehead atoms. The van der Waals surface area contributed by atoms with Crippen LogP contribution in [0.2, 0.25) is 0 Å². The Morgan fingerprint density at radius 3 is 2.55 bits per heavy atom. The van der Waals surface area contributed by atoms with Crippen molar-refractivity contribution in [2.75, 3.05) is 5.32 Å². The zero-order valence-corrected chi connectivity index (χ0v) is 17.8. The quantitative estimate of drug-likeness (QED) is 0.714. The number of carbonyl (C=O) groups excluding carboxylic acids is 3. The van der Waals surface area contributed by atoms with E-state index in [0.717, 1.165) is 24.0 Å². The van der Waals surface area contributed by atoms with Crippen LogP contribution in [-0.2, 0) is 20.9 Å². The maximum Gasteiger partial charge on any atom is 0.411 e. The third kappa shape index (κ3) is 4.87. The Kier molecular flexibility index (Phi) is 5.93. The van der Waals surface area contributed by atoms with Crippen LogP contribution in [-0.4, -0.2) is 34.9 Å². The Morgan fingerprint density at radius 1 is 1.13 bits per heavy atom. The fourth-order valence-corrected chi connectivity index (χ4v) is 3.66. The first-order valence-electron chi connectivity index (χ1n) is 10.7. The van der Waals surface area contributed by atoms with E-state index in [9.17, 15) is 14.4 Å². The third-order valence-electron chi connectivity index (χ3n) is 5.57. The van der Waals surface area contributed by atoms with Crippen LogP contribution in [0.1, 0.15) is 49.0 Å². The number of carbonyl (C=O) groups is 3. The van der Waals surface area contributed by atoms with Crippen molar-refractivity contribution in [2.45, 2.75) is 57.8 Å². The van der Waals surface area contributed by atoms with E-state index in [4.69, 9.17) is 4.74 Å². The zero-order chi connectivity index (χ0) is 22.0. The molecule has 2 unspecified atom stereocenters. The number of cyclic esters (lactones) is 1. The molecule has 0 radical (unpaired) electrons. The molecular formula is C24H27N3O4. The van der Waals surface area contributed by atoms with Gasteiger partial charge in [-0.1, -0.05) is 48.9 Å². The minimum Gasteiger partial charge on any atom is -0.438 e. The molecule has 1 saturated heterocycles. The number of nitrogens with one attached hydrogen (secondary N) is 2. The number of ether oxygens (including phenoxy) is 1. The lowest BCUT2D eigenvalue weighted by Crippen LogP contribution is -2.46. The highest BCUT2D eigenvalue weighted by molar-refractivity contribution is 5.91. The van der Waals surface area contributed by atoms with Crippen molar-refractivity contribution in [3.63, 3.8) is 0 Å². The molecule has 31 heavy (non-hydrogen) atoms. The van der Waals surface area contributed by atoms with E-state index in [0.29, 0.717) is 17.7 Å². The van der Waals surface area contributed by atoms with Crippen LogP contribution in [0.25, 0.3) is 0 Å². The first kappa shape index (κ1) is 20.9. The Morgan fingerprint density at radius 2 is 1.87 bits per heavy atom. The minimum absolute atomic E-state index is 0.107. The predicted molar refractivity (Wildman–Crippen MR) is 116 cm³/mol. The SMILES string of the molecule is CCC(=O)Nc1cccc(C2OC(=O)N(Cc3ccc(C)cc3)C2C(=O)NC2CC2)c1. The van der Waals surface area contributed by atoms with Crippen molar-refractivity contribution in [2.24, 2.45) is 0 Å². The summed E-state index contributed by atoms with van der Waals surface area (Å²) < 4.78 is 5.69. The summed E-state index contributed by atoms with van der Waals surface area (Å²) in [5.41, 5.74) is 3.33. The lowest BCUT2D eigenvalue weighted by molar-refractivity contribution is -0.126. The van der Waals surface area contributed by atoms with Crippen LogP contribution in [0.15, 0.2) is 48.5 Å². The number of rotatable bonds is 7. The van der Waals surface area contributed by atoms with Crippen molar-refractivity contribution in [3.05, 3.63) is 65.2 Å². The van der Waals surface area contributed by atoms with E-state index in [-0.39, 0.29) is 24.4 Å². The number of aryl methyl sites for hydroxylation is 1. The van der Waals surface area contributed by atoms with Gasteiger partial charge in [0.15, 0.2) is 12.1 Å². The fraction of sp³-hybridized carbons (Fsp3) is 0.375. The van der Waals surface area contributed by atoms with Crippen LogP contribution >= 0.6 is 0 Å². The van der Waals surface area contributed by atoms with E-state index in [1.54, 1.807) is 25.1 Å². The van der Waals surface area contributed by atoms with Crippen LogP contribution < -0.4 is 10.6 Å². The van der Waals surface area contributed by atoms with Gasteiger partial charge in [-0.3, -0.25) is 14.5 Å². The van der Waals surface area contributed by atoms with E-state index in [2.05, 4.69) is 10.6 Å². The summed E-state index contributed by atoms with van der Waals surface area (Å²) in [5.74, 6) is -0.321. The Bertz CT molecular complexity index is 985. The molecule has 2 aromatic rings. The minimum atomic E-state index is -0.786. The summed E-state index contributed by atoms with van der Waals surface area (Å²) in [6.07, 6.45) is 0.988. The molecule has 7 nitrogen and oxygen atoms in total. The zero-order valence-electron chi connectivity index (χ0n) is 17.8. The van der Waals surface area contributed by atoms with Crippen molar-refractivity contribution in [1.29, 1.82) is 0 Å². The molecule has 0 aromatic heterocycles. The van der Waals surface area contributed by atoms with Crippen molar-refractivity contribution in [1.82, 2.24) is 10.2 Å². The number of nitrogens with zero attached hydrogens (tertiary/aromatic N) is 1. The molecule has 3 amide bonds. The molecule has 162 valence electrons. The maximum atomic E-state index is 13.1. The predicted octanol–water partition coefficient (Wildman–Crippen LogP) is 3.68. The van der Waals surface area contributed by atoms with Gasteiger partial charge in [-0.05, 0) is 43.0 Å². The molecule has 2 N–H and O–H groups in total. The van der Waals surface area contributed by atoms with Gasteiger partial charge >= 0.3 is 6.09 Å². The van der Waals surface area contributed by atoms with Gasteiger partial charge in [0.1, 0.15) is 0 Å². The van der Waals surface area contributed by atoms with Gasteiger partial charge in [-0.2, -0.15) is 0 Å². The highest BCUT2D eigenvalue weighted by atomic mass is 16.6. The summed E-state index contributed by atoms with van der Waals surface area (Å²) in [7, 11) is 0. The van der Waals surface area contributed by atoms with Crippen LogP contribution in [0.3, 0.4) is 0 Å². The van der Waals surface area contributed by atoms with Crippen molar-refractivity contribution >= 4 is 23.6 Å². The monoisotopic (exact) mass is 421 g/mol. The number of anilines is 1. The van der Waals surface area contributed by atoms with Crippen LogP contribution in [0.5, 0.6) is 0 Å². The molecule has 2 fully saturated rings. The summed E-state index contributed by atoms with van der Waals surface area (Å²) in [6, 6.07) is 14.4. The van der Waals surface area contributed by atoms with E-state index in [1.165, 1.54) is 4.90 Å². The number of hydrogen-bond donors (Lipinski definition) is 2. The Balaban J connectivity index is 1.62. The first-order valence-corrected chi connectivity index (χ1v) is 10.7. The van der Waals surface area contributed by atoms with Crippen molar-refractivity contribution in [3.8, 4) is 0 Å². The van der Waals surface area contributed by atoms with Gasteiger partial charge in [0.25, 0.3) is 0 Å². The summed E-state index contributed by atoms with van der Waals surface area (Å²) in [5, 5.41) is 5.83. The van der Waals surface area contributed by atoms with Crippen LogP contribution in [0, 0.1) is 6.92 Å². The molecule has 1 saturated carbocycles. The van der Waals surface area contributed by atoms with E-state index < -0.39 is 18.2 Å². The van der Waals surface area contributed by atoms with Gasteiger partial charge in [-0.15, -0.1) is 0 Å². The second kappa shape index (κ2) is 8.79. The first-order chi connectivity index (χ1) is 14.9. The van der Waals surface area contributed by atoms with Gasteiger partial charge in [-0.25, -0.2) is 4.79 Å². The molecular weight excluding hydrogens is 394 g/mol. The maximum absolute atomic E-state index is 13.1. The lowest BCUT2D eigenvalue weighted by Gasteiger charge is -2.24. The largest absolute Gasteiger partial charge is 0.438 e. The fourth-order valence-electron chi connectivity index (χ4n) is 3.66. The average Bonchev–Trinajstić information content (AvgIpc) is 3.51. The molecule has 2 aromatic carbocycles. The summed E-state index contributed by atoms with van der Waals surface area (Å²) in [6.45, 7) is 4.06. The molecule has 2 atom stereocenters. The van der Waals surface area contributed by atoms with Crippen LogP contribution in [0.4, 0.5) is 10.5 Å². The molecule has 1 heterocycles. The second-order valence-corrected chi connectivity index (χ2v) is 8.17. The highest BCUT2D eigenvalue weighted by Gasteiger charge is 2.47. The normalized spacial score (nSPS) is 20.3. The van der Waals surface area contributed by atoms with Gasteiger partial charge in [0.05, 0.1) is 6.54 Å². The Hall–Kier alpha value is -3.35. The van der Waals surface area contributed by atoms with Gasteiger partial charge in [0.2, 0.25) is 11.8 Å². The second-order valence-electron chi connectivity index (χ2n) is 8.17. The third-order valence-corrected chi connectivity index (χ3v) is 5.57. The van der Waals surface area contributed by atoms with Crippen molar-refractivity contribution < 1.29 is 19.1 Å². The van der Waals surface area contributed by atoms with E-state index >= 15 is 0 Å². The number of benzene rings is 2.